The van der Waals surface area contributed by atoms with Crippen molar-refractivity contribution in [1.82, 2.24) is 40.1 Å². The molecule has 0 spiro atoms. The maximum atomic E-state index is 13.5. The largest absolute Gasteiger partial charge is 0.484 e. The van der Waals surface area contributed by atoms with Crippen LogP contribution >= 0.6 is 0 Å². The Labute approximate surface area is 311 Å². The molecule has 0 bridgehead atoms. The second-order valence-electron chi connectivity index (χ2n) is 16.4. The number of benzene rings is 1. The lowest BCUT2D eigenvalue weighted by Crippen LogP contribution is -2.63. The van der Waals surface area contributed by atoms with Gasteiger partial charge in [0.2, 0.25) is 5.82 Å². The van der Waals surface area contributed by atoms with Crippen LogP contribution in [0.15, 0.2) is 48.7 Å². The molecule has 14 nitrogen and oxygen atoms in total. The van der Waals surface area contributed by atoms with E-state index in [1.165, 1.54) is 0 Å². The molecule has 1 aromatic carbocycles. The Bertz CT molecular complexity index is 1950. The number of amides is 3. The van der Waals surface area contributed by atoms with Gasteiger partial charge in [0, 0.05) is 56.3 Å². The summed E-state index contributed by atoms with van der Waals surface area (Å²) in [6.07, 6.45) is 3.24. The van der Waals surface area contributed by atoms with Crippen LogP contribution in [0.2, 0.25) is 0 Å². The molecule has 1 aliphatic heterocycles. The number of carbonyl (C=O) groups is 2. The van der Waals surface area contributed by atoms with Gasteiger partial charge < -0.3 is 24.8 Å². The van der Waals surface area contributed by atoms with E-state index in [0.717, 1.165) is 35.7 Å². The number of hydrogen-bond acceptors (Lipinski definition) is 10. The fraction of sp³-hybridized carbons (Fsp3) is 0.538. The highest BCUT2D eigenvalue weighted by Gasteiger charge is 2.38. The van der Waals surface area contributed by atoms with E-state index in [2.05, 4.69) is 68.7 Å². The highest BCUT2D eigenvalue weighted by Crippen LogP contribution is 2.39. The molecule has 53 heavy (non-hydrogen) atoms. The first-order valence-corrected chi connectivity index (χ1v) is 18.2. The van der Waals surface area contributed by atoms with Crippen molar-refractivity contribution in [2.45, 2.75) is 95.9 Å². The summed E-state index contributed by atoms with van der Waals surface area (Å²) in [4.78, 5) is 38.2. The fourth-order valence-electron chi connectivity index (χ4n) is 6.89. The van der Waals surface area contributed by atoms with E-state index in [0.29, 0.717) is 37.4 Å². The van der Waals surface area contributed by atoms with Gasteiger partial charge in [0.25, 0.3) is 5.91 Å². The van der Waals surface area contributed by atoms with Crippen LogP contribution in [0, 0.1) is 0 Å². The van der Waals surface area contributed by atoms with E-state index in [9.17, 15) is 9.59 Å². The molecule has 4 heterocycles. The minimum Gasteiger partial charge on any atom is -0.484 e. The van der Waals surface area contributed by atoms with Gasteiger partial charge in [-0.1, -0.05) is 58.9 Å². The normalized spacial score (nSPS) is 18.3. The Kier molecular flexibility index (Phi) is 10.8. The van der Waals surface area contributed by atoms with Crippen LogP contribution in [-0.2, 0) is 20.3 Å². The molecule has 1 fully saturated rings. The van der Waals surface area contributed by atoms with Crippen molar-refractivity contribution in [2.24, 2.45) is 0 Å². The van der Waals surface area contributed by atoms with Crippen molar-refractivity contribution in [1.29, 1.82) is 0 Å². The third-order valence-corrected chi connectivity index (χ3v) is 10.2. The minimum atomic E-state index is -0.426. The lowest BCUT2D eigenvalue weighted by atomic mass is 9.85. The van der Waals surface area contributed by atoms with E-state index < -0.39 is 17.4 Å². The number of fused-ring (bicyclic) bond motifs is 2. The molecular weight excluding hydrogens is 674 g/mol. The molecule has 14 heteroatoms. The van der Waals surface area contributed by atoms with E-state index in [1.54, 1.807) is 20.3 Å². The zero-order valence-electron chi connectivity index (χ0n) is 32.3. The lowest BCUT2D eigenvalue weighted by Gasteiger charge is -2.48. The summed E-state index contributed by atoms with van der Waals surface area (Å²) in [6.45, 7) is 16.8. The molecule has 3 N–H and O–H groups in total. The van der Waals surface area contributed by atoms with Crippen molar-refractivity contribution >= 4 is 23.4 Å². The van der Waals surface area contributed by atoms with Crippen LogP contribution in [0.5, 0.6) is 5.75 Å². The molecule has 3 amide bonds. The number of ether oxygens (including phenoxy) is 3. The van der Waals surface area contributed by atoms with Gasteiger partial charge in [-0.15, -0.1) is 10.2 Å². The lowest BCUT2D eigenvalue weighted by molar-refractivity contribution is -0.0742. The van der Waals surface area contributed by atoms with Crippen LogP contribution in [-0.4, -0.2) is 93.5 Å². The first-order chi connectivity index (χ1) is 25.1. The average Bonchev–Trinajstić information content (AvgIpc) is 3.52. The standard InChI is InChI=1S/C39H53N9O5/c1-37(2,3)30-18-31(43-33(42-30)34(49)40-22-39(6,7)47-19-25(20-47)52-9)44-36(50)41-28-15-16-29(27-13-11-10-12-26(27)28)53-24-14-17-32-45-46-35(48(32)21-24)38(4,5)23-51-8/h10-14,17-18,21,25,28-29H,15-16,19-20,22-23H2,1-9H3,(H,40,49)(H2,41,42,43,44,50)/t28-,29+/m0/s1. The second-order valence-corrected chi connectivity index (χ2v) is 16.4. The number of rotatable bonds is 12. The number of nitrogens with one attached hydrogen (secondary N) is 3. The molecule has 1 aliphatic carbocycles. The minimum absolute atomic E-state index is 0.00366. The Hall–Kier alpha value is -4.66. The van der Waals surface area contributed by atoms with Gasteiger partial charge in [0.05, 0.1) is 30.6 Å². The summed E-state index contributed by atoms with van der Waals surface area (Å²) < 4.78 is 19.4. The molecule has 2 atom stereocenters. The van der Waals surface area contributed by atoms with E-state index in [4.69, 9.17) is 14.2 Å². The quantitative estimate of drug-likeness (QED) is 0.174. The molecule has 0 saturated carbocycles. The Balaban J connectivity index is 1.14. The summed E-state index contributed by atoms with van der Waals surface area (Å²) in [5, 5.41) is 17.8. The number of carbonyl (C=O) groups excluding carboxylic acids is 2. The van der Waals surface area contributed by atoms with Crippen molar-refractivity contribution in [2.75, 3.05) is 45.8 Å². The van der Waals surface area contributed by atoms with Crippen LogP contribution < -0.4 is 20.7 Å². The van der Waals surface area contributed by atoms with Gasteiger partial charge in [0.15, 0.2) is 5.65 Å². The van der Waals surface area contributed by atoms with Crippen molar-refractivity contribution in [3.05, 3.63) is 77.1 Å². The molecule has 1 saturated heterocycles. The van der Waals surface area contributed by atoms with Crippen LogP contribution in [0.4, 0.5) is 10.6 Å². The van der Waals surface area contributed by atoms with Gasteiger partial charge in [-0.05, 0) is 49.9 Å². The topological polar surface area (TPSA) is 157 Å². The van der Waals surface area contributed by atoms with Gasteiger partial charge in [0.1, 0.15) is 23.5 Å². The summed E-state index contributed by atoms with van der Waals surface area (Å²) >= 11 is 0. The maximum absolute atomic E-state index is 13.5. The number of likely N-dealkylation sites (tertiary alicyclic amines) is 1. The Morgan fingerprint density at radius 1 is 0.925 bits per heavy atom. The monoisotopic (exact) mass is 727 g/mol. The molecule has 0 unspecified atom stereocenters. The molecule has 0 radical (unpaired) electrons. The highest BCUT2D eigenvalue weighted by molar-refractivity contribution is 5.92. The summed E-state index contributed by atoms with van der Waals surface area (Å²) in [5.74, 6) is 1.33. The maximum Gasteiger partial charge on any atom is 0.320 e. The molecular formula is C39H53N9O5. The van der Waals surface area contributed by atoms with E-state index in [1.807, 2.05) is 67.8 Å². The van der Waals surface area contributed by atoms with Crippen LogP contribution in [0.3, 0.4) is 0 Å². The summed E-state index contributed by atoms with van der Waals surface area (Å²) in [7, 11) is 3.39. The first kappa shape index (κ1) is 38.1. The SMILES string of the molecule is COCC(C)(C)c1nnc2ccc(O[C@@H]3CC[C@H](NC(=O)Nc4cc(C(C)(C)C)nc(C(=O)NCC(C)(C)N5CC(OC)C5)n4)c4ccccc43)cn12. The van der Waals surface area contributed by atoms with Crippen molar-refractivity contribution in [3.8, 4) is 5.75 Å². The van der Waals surface area contributed by atoms with E-state index >= 15 is 0 Å². The van der Waals surface area contributed by atoms with Crippen LogP contribution in [0.1, 0.15) is 107 Å². The van der Waals surface area contributed by atoms with E-state index in [-0.39, 0.29) is 40.8 Å². The zero-order valence-corrected chi connectivity index (χ0v) is 32.3. The van der Waals surface area contributed by atoms with Gasteiger partial charge >= 0.3 is 6.03 Å². The smallest absolute Gasteiger partial charge is 0.320 e. The number of nitrogens with zero attached hydrogens (tertiary/aromatic N) is 6. The fourth-order valence-corrected chi connectivity index (χ4v) is 6.89. The number of urea groups is 1. The van der Waals surface area contributed by atoms with Crippen LogP contribution in [0.25, 0.3) is 5.65 Å². The number of anilines is 1. The predicted octanol–water partition coefficient (Wildman–Crippen LogP) is 5.36. The van der Waals surface area contributed by atoms with Gasteiger partial charge in [-0.25, -0.2) is 14.8 Å². The zero-order chi connectivity index (χ0) is 38.1. The number of methoxy groups -OCH3 is 2. The summed E-state index contributed by atoms with van der Waals surface area (Å²) in [5.41, 5.74) is 2.33. The van der Waals surface area contributed by atoms with Crippen molar-refractivity contribution in [3.63, 3.8) is 0 Å². The molecule has 284 valence electrons. The van der Waals surface area contributed by atoms with Gasteiger partial charge in [-0.2, -0.15) is 0 Å². The van der Waals surface area contributed by atoms with Gasteiger partial charge in [-0.3, -0.25) is 19.4 Å². The molecule has 4 aromatic rings. The predicted molar refractivity (Wildman–Crippen MR) is 201 cm³/mol. The third-order valence-electron chi connectivity index (χ3n) is 10.2. The number of hydrogen-bond donors (Lipinski definition) is 3. The first-order valence-electron chi connectivity index (χ1n) is 18.2. The molecule has 2 aliphatic rings. The number of pyridine rings is 1. The number of aromatic nitrogens is 5. The average molecular weight is 728 g/mol. The molecule has 6 rings (SSSR count). The molecule has 3 aromatic heterocycles. The van der Waals surface area contributed by atoms with Crippen molar-refractivity contribution < 1.29 is 23.8 Å². The summed E-state index contributed by atoms with van der Waals surface area (Å²) in [6, 6.07) is 12.8. The highest BCUT2D eigenvalue weighted by atomic mass is 16.5. The Morgan fingerprint density at radius 2 is 1.66 bits per heavy atom. The second kappa shape index (κ2) is 15.0. The third kappa shape index (κ3) is 8.45. The Morgan fingerprint density at radius 3 is 2.36 bits per heavy atom.